The summed E-state index contributed by atoms with van der Waals surface area (Å²) in [4.78, 5) is 5.60. The van der Waals surface area contributed by atoms with Gasteiger partial charge in [-0.15, -0.1) is 0 Å². The van der Waals surface area contributed by atoms with Crippen LogP contribution in [0.4, 0.5) is 20.4 Å². The third kappa shape index (κ3) is 3.25. The second-order valence-electron chi connectivity index (χ2n) is 4.36. The van der Waals surface area contributed by atoms with Crippen molar-refractivity contribution in [2.24, 2.45) is 0 Å². The van der Waals surface area contributed by atoms with Gasteiger partial charge in [-0.25, -0.2) is 13.8 Å². The molecule has 1 aromatic heterocycles. The van der Waals surface area contributed by atoms with Crippen molar-refractivity contribution >= 4 is 27.6 Å². The van der Waals surface area contributed by atoms with E-state index in [0.29, 0.717) is 6.54 Å². The number of nitrogens with zero attached hydrogens (tertiary/aromatic N) is 2. The molecule has 0 spiro atoms. The van der Waals surface area contributed by atoms with Crippen LogP contribution in [-0.4, -0.2) is 19.1 Å². The molecule has 1 heterocycles. The minimum atomic E-state index is -0.703. The van der Waals surface area contributed by atoms with Crippen molar-refractivity contribution in [2.45, 2.75) is 6.54 Å². The van der Waals surface area contributed by atoms with E-state index in [9.17, 15) is 8.78 Å². The number of anilines is 2. The molecular formula is C14H14BrF2N3. The van der Waals surface area contributed by atoms with E-state index in [2.05, 4.69) is 26.2 Å². The van der Waals surface area contributed by atoms with Crippen molar-refractivity contribution in [3.8, 4) is 0 Å². The van der Waals surface area contributed by atoms with Crippen LogP contribution in [0.5, 0.6) is 0 Å². The van der Waals surface area contributed by atoms with Gasteiger partial charge in [0.25, 0.3) is 0 Å². The van der Waals surface area contributed by atoms with E-state index in [-0.39, 0.29) is 11.6 Å². The summed E-state index contributed by atoms with van der Waals surface area (Å²) in [6, 6.07) is 8.53. The average molecular weight is 342 g/mol. The molecule has 0 saturated heterocycles. The number of hydrogen-bond donors (Lipinski definition) is 1. The van der Waals surface area contributed by atoms with Crippen LogP contribution < -0.4 is 10.2 Å². The highest BCUT2D eigenvalue weighted by Crippen LogP contribution is 2.22. The Labute approximate surface area is 124 Å². The first-order valence-corrected chi connectivity index (χ1v) is 6.80. The first-order chi connectivity index (χ1) is 9.51. The van der Waals surface area contributed by atoms with Crippen molar-refractivity contribution < 1.29 is 8.78 Å². The van der Waals surface area contributed by atoms with Crippen LogP contribution in [0.1, 0.15) is 5.56 Å². The highest BCUT2D eigenvalue weighted by atomic mass is 79.9. The average Bonchev–Trinajstić information content (AvgIpc) is 2.41. The lowest BCUT2D eigenvalue weighted by atomic mass is 10.2. The SMILES string of the molecule is CNc1nc(N(C)Cc2ccc(Br)cc2)c(F)cc1F. The van der Waals surface area contributed by atoms with Crippen molar-refractivity contribution in [3.05, 3.63) is 52.0 Å². The largest absolute Gasteiger partial charge is 0.371 e. The monoisotopic (exact) mass is 341 g/mol. The third-order valence-corrected chi connectivity index (χ3v) is 3.37. The maximum absolute atomic E-state index is 13.8. The van der Waals surface area contributed by atoms with Gasteiger partial charge >= 0.3 is 0 Å². The number of hydrogen-bond acceptors (Lipinski definition) is 3. The Morgan fingerprint density at radius 3 is 2.45 bits per heavy atom. The van der Waals surface area contributed by atoms with Crippen molar-refractivity contribution in [1.29, 1.82) is 0 Å². The molecule has 2 rings (SSSR count). The van der Waals surface area contributed by atoms with Gasteiger partial charge in [0.05, 0.1) is 0 Å². The van der Waals surface area contributed by atoms with E-state index in [0.717, 1.165) is 16.1 Å². The number of rotatable bonds is 4. The number of benzene rings is 1. The molecule has 3 nitrogen and oxygen atoms in total. The molecule has 1 N–H and O–H groups in total. The molecule has 106 valence electrons. The van der Waals surface area contributed by atoms with Gasteiger partial charge in [0.15, 0.2) is 23.3 Å². The Kier molecular flexibility index (Phi) is 4.54. The summed E-state index contributed by atoms with van der Waals surface area (Å²) in [5.74, 6) is -1.24. The minimum Gasteiger partial charge on any atom is -0.371 e. The maximum atomic E-state index is 13.8. The van der Waals surface area contributed by atoms with E-state index in [4.69, 9.17) is 0 Å². The molecule has 0 bridgehead atoms. The zero-order valence-electron chi connectivity index (χ0n) is 11.1. The summed E-state index contributed by atoms with van der Waals surface area (Å²) in [6.07, 6.45) is 0. The molecule has 6 heteroatoms. The number of halogens is 3. The van der Waals surface area contributed by atoms with Crippen LogP contribution in [0.25, 0.3) is 0 Å². The van der Waals surface area contributed by atoms with Gasteiger partial charge in [0.1, 0.15) is 0 Å². The first-order valence-electron chi connectivity index (χ1n) is 6.00. The molecule has 0 saturated carbocycles. The second kappa shape index (κ2) is 6.17. The first kappa shape index (κ1) is 14.7. The fourth-order valence-electron chi connectivity index (χ4n) is 1.84. The smallest absolute Gasteiger partial charge is 0.168 e. The topological polar surface area (TPSA) is 28.2 Å². The molecule has 0 unspecified atom stereocenters. The van der Waals surface area contributed by atoms with Crippen LogP contribution in [0, 0.1) is 11.6 Å². The predicted molar refractivity (Wildman–Crippen MR) is 79.9 cm³/mol. The van der Waals surface area contributed by atoms with Gasteiger partial charge in [0.2, 0.25) is 0 Å². The van der Waals surface area contributed by atoms with Crippen LogP contribution in [-0.2, 0) is 6.54 Å². The van der Waals surface area contributed by atoms with Crippen LogP contribution in [0.15, 0.2) is 34.8 Å². The lowest BCUT2D eigenvalue weighted by Gasteiger charge is -2.19. The normalized spacial score (nSPS) is 10.4. The maximum Gasteiger partial charge on any atom is 0.168 e. The summed E-state index contributed by atoms with van der Waals surface area (Å²) in [6.45, 7) is 0.478. The van der Waals surface area contributed by atoms with Crippen LogP contribution in [0.2, 0.25) is 0 Å². The Morgan fingerprint density at radius 1 is 1.20 bits per heavy atom. The number of aromatic nitrogens is 1. The van der Waals surface area contributed by atoms with E-state index in [1.165, 1.54) is 0 Å². The molecule has 20 heavy (non-hydrogen) atoms. The zero-order chi connectivity index (χ0) is 14.7. The molecule has 0 fully saturated rings. The standard InChI is InChI=1S/C14H14BrF2N3/c1-18-13-11(16)7-12(17)14(19-13)20(2)8-9-3-5-10(15)6-4-9/h3-7H,8H2,1-2H3,(H,18,19). The Bertz CT molecular complexity index is 602. The molecule has 0 aliphatic heterocycles. The summed E-state index contributed by atoms with van der Waals surface area (Å²) in [7, 11) is 3.26. The van der Waals surface area contributed by atoms with E-state index in [1.54, 1.807) is 19.0 Å². The van der Waals surface area contributed by atoms with E-state index in [1.807, 2.05) is 24.3 Å². The fourth-order valence-corrected chi connectivity index (χ4v) is 2.10. The zero-order valence-corrected chi connectivity index (χ0v) is 12.7. The van der Waals surface area contributed by atoms with Gasteiger partial charge in [0, 0.05) is 31.2 Å². The molecular weight excluding hydrogens is 328 g/mol. The molecule has 0 atom stereocenters. The number of pyridine rings is 1. The summed E-state index contributed by atoms with van der Waals surface area (Å²) in [5, 5.41) is 2.60. The van der Waals surface area contributed by atoms with E-state index >= 15 is 0 Å². The highest BCUT2D eigenvalue weighted by molar-refractivity contribution is 9.10. The van der Waals surface area contributed by atoms with Gasteiger partial charge in [-0.2, -0.15) is 0 Å². The molecule has 0 amide bonds. The van der Waals surface area contributed by atoms with Gasteiger partial charge in [-0.3, -0.25) is 0 Å². The van der Waals surface area contributed by atoms with Gasteiger partial charge in [-0.05, 0) is 17.7 Å². The Morgan fingerprint density at radius 2 is 1.85 bits per heavy atom. The van der Waals surface area contributed by atoms with Crippen molar-refractivity contribution in [2.75, 3.05) is 24.3 Å². The van der Waals surface area contributed by atoms with E-state index < -0.39 is 11.6 Å². The number of nitrogens with one attached hydrogen (secondary N) is 1. The quantitative estimate of drug-likeness (QED) is 0.916. The molecule has 1 aromatic carbocycles. The lowest BCUT2D eigenvalue weighted by Crippen LogP contribution is -2.20. The van der Waals surface area contributed by atoms with Crippen molar-refractivity contribution in [1.82, 2.24) is 4.98 Å². The molecule has 2 aromatic rings. The molecule has 0 radical (unpaired) electrons. The molecule has 0 aliphatic rings. The minimum absolute atomic E-state index is 0.0315. The van der Waals surface area contributed by atoms with Crippen LogP contribution in [0.3, 0.4) is 0 Å². The third-order valence-electron chi connectivity index (χ3n) is 2.84. The summed E-state index contributed by atoms with van der Waals surface area (Å²) in [5.41, 5.74) is 1.01. The predicted octanol–water partition coefficient (Wildman–Crippen LogP) is 3.80. The summed E-state index contributed by atoms with van der Waals surface area (Å²) >= 11 is 3.36. The van der Waals surface area contributed by atoms with Gasteiger partial charge in [-0.1, -0.05) is 28.1 Å². The van der Waals surface area contributed by atoms with Gasteiger partial charge < -0.3 is 10.2 Å². The highest BCUT2D eigenvalue weighted by Gasteiger charge is 2.14. The fraction of sp³-hybridized carbons (Fsp3) is 0.214. The van der Waals surface area contributed by atoms with Crippen molar-refractivity contribution in [3.63, 3.8) is 0 Å². The second-order valence-corrected chi connectivity index (χ2v) is 5.27. The summed E-state index contributed by atoms with van der Waals surface area (Å²) < 4.78 is 28.2. The van der Waals surface area contributed by atoms with Crippen LogP contribution >= 0.6 is 15.9 Å². The lowest BCUT2D eigenvalue weighted by molar-refractivity contribution is 0.573. The molecule has 0 aliphatic carbocycles. The Balaban J connectivity index is 2.24. The Hall–Kier alpha value is -1.69.